The number of aliphatic hydroxyl groups excluding tert-OH is 1. The molecule has 5 nitrogen and oxygen atoms in total. The van der Waals surface area contributed by atoms with Crippen LogP contribution in [0.3, 0.4) is 0 Å². The van der Waals surface area contributed by atoms with Crippen LogP contribution in [0.2, 0.25) is 0 Å². The van der Waals surface area contributed by atoms with Crippen molar-refractivity contribution in [3.05, 3.63) is 34.7 Å². The molecule has 2 heterocycles. The molecule has 0 saturated carbocycles. The smallest absolute Gasteiger partial charge is 0.146 e. The van der Waals surface area contributed by atoms with Crippen molar-refractivity contribution in [1.29, 1.82) is 0 Å². The van der Waals surface area contributed by atoms with Gasteiger partial charge in [-0.2, -0.15) is 5.10 Å². The molecule has 1 unspecified atom stereocenters. The fourth-order valence-corrected chi connectivity index (χ4v) is 2.12. The van der Waals surface area contributed by atoms with Gasteiger partial charge in [-0.1, -0.05) is 6.92 Å². The van der Waals surface area contributed by atoms with Gasteiger partial charge in [-0.15, -0.1) is 0 Å². The summed E-state index contributed by atoms with van der Waals surface area (Å²) in [5.41, 5.74) is 0. The molecule has 0 aliphatic rings. The van der Waals surface area contributed by atoms with Crippen molar-refractivity contribution in [2.45, 2.75) is 32.4 Å². The molecule has 1 atom stereocenters. The van der Waals surface area contributed by atoms with Crippen LogP contribution in [0.25, 0.3) is 0 Å². The molecule has 0 saturated heterocycles. The fraction of sp³-hybridized carbons (Fsp3) is 0.455. The molecule has 0 spiro atoms. The Balaban J connectivity index is 2.10. The minimum absolute atomic E-state index is 0.395. The van der Waals surface area contributed by atoms with Gasteiger partial charge in [-0.25, -0.2) is 4.98 Å². The van der Waals surface area contributed by atoms with Crippen LogP contribution in [0.1, 0.15) is 31.0 Å². The van der Waals surface area contributed by atoms with Gasteiger partial charge in [0.05, 0.1) is 10.7 Å². The second-order valence-electron chi connectivity index (χ2n) is 3.75. The average molecular weight is 300 g/mol. The van der Waals surface area contributed by atoms with E-state index in [-0.39, 0.29) is 0 Å². The summed E-state index contributed by atoms with van der Waals surface area (Å²) in [6, 6.07) is 1.76. The Bertz CT molecular complexity index is 481. The van der Waals surface area contributed by atoms with Gasteiger partial charge >= 0.3 is 0 Å². The van der Waals surface area contributed by atoms with E-state index >= 15 is 0 Å². The summed E-state index contributed by atoms with van der Waals surface area (Å²) in [6.45, 7) is 2.88. The Morgan fingerprint density at radius 1 is 1.59 bits per heavy atom. The zero-order valence-corrected chi connectivity index (χ0v) is 11.1. The summed E-state index contributed by atoms with van der Waals surface area (Å²) in [7, 11) is 0. The number of furan rings is 1. The number of hydrogen-bond acceptors (Lipinski definition) is 4. The Morgan fingerprint density at radius 2 is 2.41 bits per heavy atom. The second kappa shape index (κ2) is 5.46. The van der Waals surface area contributed by atoms with E-state index in [9.17, 15) is 5.11 Å². The van der Waals surface area contributed by atoms with Crippen molar-refractivity contribution in [2.24, 2.45) is 0 Å². The SMILES string of the molecule is CCCn1ncnc1CC(O)c1occc1Br. The lowest BCUT2D eigenvalue weighted by Crippen LogP contribution is -2.10. The zero-order chi connectivity index (χ0) is 12.3. The molecule has 2 aromatic heterocycles. The first-order chi connectivity index (χ1) is 8.22. The molecular formula is C11H14BrN3O2. The second-order valence-corrected chi connectivity index (χ2v) is 4.61. The topological polar surface area (TPSA) is 64.1 Å². The minimum atomic E-state index is -0.709. The van der Waals surface area contributed by atoms with Crippen LogP contribution in [0.4, 0.5) is 0 Å². The third-order valence-corrected chi connectivity index (χ3v) is 3.11. The van der Waals surface area contributed by atoms with Crippen LogP contribution in [0.5, 0.6) is 0 Å². The molecule has 0 fully saturated rings. The summed E-state index contributed by atoms with van der Waals surface area (Å²) in [5.74, 6) is 1.29. The maximum Gasteiger partial charge on any atom is 0.146 e. The molecule has 92 valence electrons. The molecule has 0 aliphatic heterocycles. The lowest BCUT2D eigenvalue weighted by Gasteiger charge is -2.09. The molecule has 17 heavy (non-hydrogen) atoms. The number of aliphatic hydroxyl groups is 1. The van der Waals surface area contributed by atoms with Crippen molar-refractivity contribution in [2.75, 3.05) is 0 Å². The van der Waals surface area contributed by atoms with E-state index in [4.69, 9.17) is 4.42 Å². The fourth-order valence-electron chi connectivity index (χ4n) is 1.65. The van der Waals surface area contributed by atoms with E-state index in [1.54, 1.807) is 17.0 Å². The number of halogens is 1. The first-order valence-corrected chi connectivity index (χ1v) is 6.29. The Hall–Kier alpha value is -1.14. The van der Waals surface area contributed by atoms with Crippen molar-refractivity contribution >= 4 is 15.9 Å². The molecule has 0 aliphatic carbocycles. The molecule has 6 heteroatoms. The van der Waals surface area contributed by atoms with Crippen LogP contribution in [-0.4, -0.2) is 19.9 Å². The highest BCUT2D eigenvalue weighted by atomic mass is 79.9. The van der Waals surface area contributed by atoms with Crippen LogP contribution in [0, 0.1) is 0 Å². The molecule has 2 aromatic rings. The number of hydrogen-bond donors (Lipinski definition) is 1. The third-order valence-electron chi connectivity index (χ3n) is 2.45. The van der Waals surface area contributed by atoms with E-state index in [1.165, 1.54) is 6.33 Å². The van der Waals surface area contributed by atoms with E-state index in [2.05, 4.69) is 32.9 Å². The summed E-state index contributed by atoms with van der Waals surface area (Å²) < 4.78 is 7.80. The minimum Gasteiger partial charge on any atom is -0.465 e. The highest BCUT2D eigenvalue weighted by Gasteiger charge is 2.18. The molecule has 1 N–H and O–H groups in total. The van der Waals surface area contributed by atoms with Crippen LogP contribution in [-0.2, 0) is 13.0 Å². The first-order valence-electron chi connectivity index (χ1n) is 5.50. The molecule has 0 amide bonds. The monoisotopic (exact) mass is 299 g/mol. The van der Waals surface area contributed by atoms with E-state index in [0.717, 1.165) is 23.3 Å². The van der Waals surface area contributed by atoms with Gasteiger partial charge in [0, 0.05) is 13.0 Å². The average Bonchev–Trinajstić information content (AvgIpc) is 2.89. The van der Waals surface area contributed by atoms with Gasteiger partial charge in [0.15, 0.2) is 0 Å². The normalized spacial score (nSPS) is 12.9. The summed E-state index contributed by atoms with van der Waals surface area (Å²) in [6.07, 6.45) is 3.72. The van der Waals surface area contributed by atoms with Gasteiger partial charge in [-0.05, 0) is 28.4 Å². The number of aromatic nitrogens is 3. The largest absolute Gasteiger partial charge is 0.465 e. The van der Waals surface area contributed by atoms with E-state index < -0.39 is 6.10 Å². The molecule has 0 aromatic carbocycles. The Kier molecular flexibility index (Phi) is 3.96. The third kappa shape index (κ3) is 2.76. The number of rotatable bonds is 5. The molecule has 2 rings (SSSR count). The van der Waals surface area contributed by atoms with Crippen molar-refractivity contribution in [3.63, 3.8) is 0 Å². The van der Waals surface area contributed by atoms with Gasteiger partial charge in [-0.3, -0.25) is 4.68 Å². The lowest BCUT2D eigenvalue weighted by atomic mass is 10.2. The summed E-state index contributed by atoms with van der Waals surface area (Å²) >= 11 is 3.32. The number of aryl methyl sites for hydroxylation is 1. The quantitative estimate of drug-likeness (QED) is 0.920. The number of nitrogens with zero attached hydrogens (tertiary/aromatic N) is 3. The zero-order valence-electron chi connectivity index (χ0n) is 9.51. The van der Waals surface area contributed by atoms with Crippen molar-refractivity contribution in [1.82, 2.24) is 14.8 Å². The van der Waals surface area contributed by atoms with Gasteiger partial charge in [0.25, 0.3) is 0 Å². The maximum absolute atomic E-state index is 10.0. The Morgan fingerprint density at radius 3 is 3.06 bits per heavy atom. The predicted octanol–water partition coefficient (Wildman–Crippen LogP) is 2.32. The standard InChI is InChI=1S/C11H14BrN3O2/c1-2-4-15-10(13-7-14-15)6-9(16)11-8(12)3-5-17-11/h3,5,7,9,16H,2,4,6H2,1H3. The van der Waals surface area contributed by atoms with Gasteiger partial charge < -0.3 is 9.52 Å². The first kappa shape index (κ1) is 12.3. The van der Waals surface area contributed by atoms with Gasteiger partial charge in [0.2, 0.25) is 0 Å². The van der Waals surface area contributed by atoms with Crippen LogP contribution in [0.15, 0.2) is 27.5 Å². The Labute approximate surface area is 108 Å². The van der Waals surface area contributed by atoms with Crippen LogP contribution >= 0.6 is 15.9 Å². The highest BCUT2D eigenvalue weighted by molar-refractivity contribution is 9.10. The van der Waals surface area contributed by atoms with Crippen LogP contribution < -0.4 is 0 Å². The van der Waals surface area contributed by atoms with Gasteiger partial charge in [0.1, 0.15) is 24.0 Å². The maximum atomic E-state index is 10.0. The molecule has 0 bridgehead atoms. The molecular weight excluding hydrogens is 286 g/mol. The van der Waals surface area contributed by atoms with Crippen molar-refractivity contribution < 1.29 is 9.52 Å². The highest BCUT2D eigenvalue weighted by Crippen LogP contribution is 2.26. The van der Waals surface area contributed by atoms with Crippen molar-refractivity contribution in [3.8, 4) is 0 Å². The predicted molar refractivity (Wildman–Crippen MR) is 65.4 cm³/mol. The summed E-state index contributed by atoms with van der Waals surface area (Å²) in [4.78, 5) is 4.15. The lowest BCUT2D eigenvalue weighted by molar-refractivity contribution is 0.145. The summed E-state index contributed by atoms with van der Waals surface area (Å²) in [5, 5.41) is 14.2. The molecule has 0 radical (unpaired) electrons. The van der Waals surface area contributed by atoms with E-state index in [1.807, 2.05) is 0 Å². The van der Waals surface area contributed by atoms with E-state index in [0.29, 0.717) is 12.2 Å².